The van der Waals surface area contributed by atoms with Crippen molar-refractivity contribution < 1.29 is 14.2 Å². The molecule has 2 N–H and O–H groups in total. The van der Waals surface area contributed by atoms with Crippen molar-refractivity contribution in [1.29, 1.82) is 5.41 Å². The highest BCUT2D eigenvalue weighted by Crippen LogP contribution is 2.34. The normalized spacial score (nSPS) is 12.3. The smallest absolute Gasteiger partial charge is 0.180 e. The fourth-order valence-electron chi connectivity index (χ4n) is 3.43. The second-order valence-electron chi connectivity index (χ2n) is 6.58. The van der Waals surface area contributed by atoms with Crippen LogP contribution in [0.25, 0.3) is 33.6 Å². The van der Waals surface area contributed by atoms with Crippen molar-refractivity contribution in [2.45, 2.75) is 13.8 Å². The number of aliphatic hydroxyl groups excluding tert-OH is 1. The zero-order valence-electron chi connectivity index (χ0n) is 16.1. The summed E-state index contributed by atoms with van der Waals surface area (Å²) in [7, 11) is 1.51. The van der Waals surface area contributed by atoms with Crippen molar-refractivity contribution in [2.24, 2.45) is 0 Å². The Kier molecular flexibility index (Phi) is 4.46. The number of nitrogens with zero attached hydrogens (tertiary/aromatic N) is 4. The van der Waals surface area contributed by atoms with Gasteiger partial charge in [0.1, 0.15) is 11.6 Å². The van der Waals surface area contributed by atoms with Crippen molar-refractivity contribution >= 4 is 28.0 Å². The van der Waals surface area contributed by atoms with Crippen LogP contribution in [-0.2, 0) is 0 Å². The Balaban J connectivity index is 2.08. The van der Waals surface area contributed by atoms with Gasteiger partial charge in [-0.15, -0.1) is 10.2 Å². The van der Waals surface area contributed by atoms with Crippen LogP contribution < -0.4 is 4.74 Å². The summed E-state index contributed by atoms with van der Waals surface area (Å²) in [5.74, 6) is 0.385. The van der Waals surface area contributed by atoms with E-state index in [-0.39, 0.29) is 11.5 Å². The Hall–Kier alpha value is -3.81. The molecule has 0 radical (unpaired) electrons. The Morgan fingerprint density at radius 3 is 2.59 bits per heavy atom. The summed E-state index contributed by atoms with van der Waals surface area (Å²) in [6.45, 7) is 3.11. The summed E-state index contributed by atoms with van der Waals surface area (Å²) in [5, 5.41) is 26.4. The lowest BCUT2D eigenvalue weighted by Gasteiger charge is -2.14. The van der Waals surface area contributed by atoms with Gasteiger partial charge in [0.05, 0.1) is 35.7 Å². The molecule has 0 atom stereocenters. The van der Waals surface area contributed by atoms with E-state index >= 15 is 0 Å². The van der Waals surface area contributed by atoms with E-state index in [2.05, 4.69) is 15.2 Å². The maximum absolute atomic E-state index is 14.4. The number of fused-ring (bicyclic) bond motifs is 3. The standard InChI is InChI=1S/C21H18FN5O2/c1-11(23)20(12(2)28)14-8-16-17(9-18(14)29-3)27-19(10-24-16)25-26-21(27)13-6-4-5-7-15(13)22/h4-10,23,28H,1-3H3/b20-12+,23-11?. The zero-order valence-corrected chi connectivity index (χ0v) is 16.1. The van der Waals surface area contributed by atoms with Gasteiger partial charge in [-0.2, -0.15) is 0 Å². The van der Waals surface area contributed by atoms with E-state index in [1.165, 1.54) is 20.1 Å². The minimum Gasteiger partial charge on any atom is -0.512 e. The lowest BCUT2D eigenvalue weighted by molar-refractivity contribution is 0.409. The molecule has 0 spiro atoms. The summed E-state index contributed by atoms with van der Waals surface area (Å²) in [4.78, 5) is 4.43. The first-order valence-corrected chi connectivity index (χ1v) is 8.85. The highest BCUT2D eigenvalue weighted by Gasteiger charge is 2.19. The second kappa shape index (κ2) is 6.97. The molecule has 2 heterocycles. The second-order valence-corrected chi connectivity index (χ2v) is 6.58. The molecule has 0 amide bonds. The van der Waals surface area contributed by atoms with Gasteiger partial charge in [0.25, 0.3) is 0 Å². The van der Waals surface area contributed by atoms with Gasteiger partial charge in [0, 0.05) is 22.9 Å². The lowest BCUT2D eigenvalue weighted by atomic mass is 9.99. The zero-order chi connectivity index (χ0) is 20.7. The molecule has 2 aromatic carbocycles. The average molecular weight is 391 g/mol. The van der Waals surface area contributed by atoms with Crippen LogP contribution in [0.4, 0.5) is 4.39 Å². The van der Waals surface area contributed by atoms with Gasteiger partial charge in [-0.1, -0.05) is 12.1 Å². The number of nitrogens with one attached hydrogen (secondary N) is 1. The third-order valence-electron chi connectivity index (χ3n) is 4.67. The van der Waals surface area contributed by atoms with E-state index in [9.17, 15) is 9.50 Å². The van der Waals surface area contributed by atoms with Gasteiger partial charge in [0.2, 0.25) is 0 Å². The van der Waals surface area contributed by atoms with Crippen LogP contribution in [0.15, 0.2) is 48.4 Å². The van der Waals surface area contributed by atoms with E-state index in [0.717, 1.165) is 0 Å². The largest absolute Gasteiger partial charge is 0.512 e. The van der Waals surface area contributed by atoms with Crippen LogP contribution >= 0.6 is 0 Å². The maximum Gasteiger partial charge on any atom is 0.180 e. The Labute approximate surface area is 165 Å². The summed E-state index contributed by atoms with van der Waals surface area (Å²) in [5.41, 5.74) is 3.05. The van der Waals surface area contributed by atoms with Crippen molar-refractivity contribution in [2.75, 3.05) is 7.11 Å². The molecule has 0 saturated heterocycles. The molecule has 4 rings (SSSR count). The average Bonchev–Trinajstić information content (AvgIpc) is 3.11. The third kappa shape index (κ3) is 2.98. The molecule has 0 aliphatic rings. The highest BCUT2D eigenvalue weighted by atomic mass is 19.1. The summed E-state index contributed by atoms with van der Waals surface area (Å²) >= 11 is 0. The number of aliphatic hydroxyl groups is 1. The molecule has 0 saturated carbocycles. The fourth-order valence-corrected chi connectivity index (χ4v) is 3.43. The molecule has 4 aromatic rings. The summed E-state index contributed by atoms with van der Waals surface area (Å²) in [6.07, 6.45) is 1.54. The molecular weight excluding hydrogens is 373 g/mol. The first-order chi connectivity index (χ1) is 13.9. The molecular formula is C21H18FN5O2. The molecule has 29 heavy (non-hydrogen) atoms. The van der Waals surface area contributed by atoms with Gasteiger partial charge in [-0.25, -0.2) is 4.39 Å². The van der Waals surface area contributed by atoms with E-state index in [4.69, 9.17) is 10.1 Å². The SMILES string of the molecule is COc1cc2c(cc1/C(C(C)=N)=C(\C)O)ncc1nnc(-c3ccccc3F)n12. The number of rotatable bonds is 4. The van der Waals surface area contributed by atoms with Crippen LogP contribution in [0.5, 0.6) is 5.75 Å². The number of benzene rings is 2. The first-order valence-electron chi connectivity index (χ1n) is 8.85. The molecule has 7 nitrogen and oxygen atoms in total. The Bertz CT molecular complexity index is 1310. The Morgan fingerprint density at radius 2 is 1.93 bits per heavy atom. The van der Waals surface area contributed by atoms with E-state index in [1.54, 1.807) is 47.9 Å². The summed E-state index contributed by atoms with van der Waals surface area (Å²) < 4.78 is 21.6. The number of hydrogen-bond donors (Lipinski definition) is 2. The van der Waals surface area contributed by atoms with Crippen LogP contribution in [0.1, 0.15) is 19.4 Å². The van der Waals surface area contributed by atoms with Crippen molar-refractivity contribution in [1.82, 2.24) is 19.6 Å². The van der Waals surface area contributed by atoms with Crippen molar-refractivity contribution in [3.8, 4) is 17.1 Å². The summed E-state index contributed by atoms with van der Waals surface area (Å²) in [6, 6.07) is 9.80. The molecule has 0 bridgehead atoms. The van der Waals surface area contributed by atoms with E-state index < -0.39 is 5.82 Å². The van der Waals surface area contributed by atoms with Crippen LogP contribution in [0.3, 0.4) is 0 Å². The third-order valence-corrected chi connectivity index (χ3v) is 4.67. The molecule has 0 fully saturated rings. The lowest BCUT2D eigenvalue weighted by Crippen LogP contribution is -2.03. The molecule has 2 aromatic heterocycles. The highest BCUT2D eigenvalue weighted by molar-refractivity contribution is 6.22. The minimum atomic E-state index is -0.407. The minimum absolute atomic E-state index is 0.00701. The van der Waals surface area contributed by atoms with Gasteiger partial charge >= 0.3 is 0 Å². The Morgan fingerprint density at radius 1 is 1.17 bits per heavy atom. The predicted molar refractivity (Wildman–Crippen MR) is 109 cm³/mol. The van der Waals surface area contributed by atoms with Crippen molar-refractivity contribution in [3.63, 3.8) is 0 Å². The molecule has 146 valence electrons. The maximum atomic E-state index is 14.4. The molecule has 8 heteroatoms. The topological polar surface area (TPSA) is 96.4 Å². The van der Waals surface area contributed by atoms with E-state index in [1.807, 2.05) is 0 Å². The number of halogens is 1. The molecule has 0 aliphatic carbocycles. The van der Waals surface area contributed by atoms with Crippen LogP contribution in [0, 0.1) is 11.2 Å². The fraction of sp³-hybridized carbons (Fsp3) is 0.143. The van der Waals surface area contributed by atoms with Gasteiger partial charge in [-0.3, -0.25) is 9.38 Å². The quantitative estimate of drug-likeness (QED) is 0.396. The van der Waals surface area contributed by atoms with Gasteiger partial charge in [-0.05, 0) is 32.0 Å². The van der Waals surface area contributed by atoms with Crippen LogP contribution in [0.2, 0.25) is 0 Å². The monoisotopic (exact) mass is 391 g/mol. The number of aromatic nitrogens is 4. The molecule has 0 unspecified atom stereocenters. The van der Waals surface area contributed by atoms with Gasteiger partial charge < -0.3 is 15.3 Å². The number of allylic oxidation sites excluding steroid dienone is 2. The van der Waals surface area contributed by atoms with Crippen molar-refractivity contribution in [3.05, 3.63) is 59.7 Å². The first kappa shape index (κ1) is 18.5. The number of hydrogen-bond acceptors (Lipinski definition) is 6. The van der Waals surface area contributed by atoms with E-state index in [0.29, 0.717) is 45.0 Å². The number of methoxy groups -OCH3 is 1. The molecule has 0 aliphatic heterocycles. The predicted octanol–water partition coefficient (Wildman–Crippen LogP) is 4.42. The number of ether oxygens (including phenoxy) is 1. The van der Waals surface area contributed by atoms with Crippen LogP contribution in [-0.4, -0.2) is 37.5 Å². The van der Waals surface area contributed by atoms with Gasteiger partial charge in [0.15, 0.2) is 11.5 Å².